The molecule has 0 bridgehead atoms. The summed E-state index contributed by atoms with van der Waals surface area (Å²) in [4.78, 5) is 13.8. The van der Waals surface area contributed by atoms with Gasteiger partial charge in [0.2, 0.25) is 0 Å². The molecular weight excluding hydrogens is 281 g/mol. The molecule has 0 amide bonds. The summed E-state index contributed by atoms with van der Waals surface area (Å²) in [7, 11) is 0. The zero-order valence-electron chi connectivity index (χ0n) is 9.91. The van der Waals surface area contributed by atoms with Crippen LogP contribution in [0.15, 0.2) is 6.20 Å². The van der Waals surface area contributed by atoms with Crippen LogP contribution < -0.4 is 5.32 Å². The monoisotopic (exact) mass is 294 g/mol. The fourth-order valence-corrected chi connectivity index (χ4v) is 2.89. The Hall–Kier alpha value is -1.31. The van der Waals surface area contributed by atoms with Gasteiger partial charge >= 0.3 is 12.1 Å². The summed E-state index contributed by atoms with van der Waals surface area (Å²) in [6.07, 6.45) is -1.18. The molecule has 1 aliphatic carbocycles. The molecule has 1 aromatic heterocycles. The van der Waals surface area contributed by atoms with Crippen LogP contribution in [-0.2, 0) is 11.0 Å². The van der Waals surface area contributed by atoms with E-state index in [-0.39, 0.29) is 17.1 Å². The number of aliphatic carboxylic acids is 1. The predicted octanol–water partition coefficient (Wildman–Crippen LogP) is 3.22. The molecule has 106 valence electrons. The molecule has 0 atom stereocenters. The van der Waals surface area contributed by atoms with E-state index >= 15 is 0 Å². The maximum absolute atomic E-state index is 12.4. The third kappa shape index (κ3) is 3.59. The number of aromatic nitrogens is 1. The molecule has 2 N–H and O–H groups in total. The van der Waals surface area contributed by atoms with Crippen molar-refractivity contribution in [1.82, 2.24) is 4.98 Å². The number of hydrogen-bond donors (Lipinski definition) is 2. The third-order valence-corrected chi connectivity index (χ3v) is 4.16. The second-order valence-electron chi connectivity index (χ2n) is 4.56. The number of carbonyl (C=O) groups is 1. The molecule has 0 unspecified atom stereocenters. The summed E-state index contributed by atoms with van der Waals surface area (Å²) < 4.78 is 37.2. The van der Waals surface area contributed by atoms with Gasteiger partial charge in [0.05, 0.1) is 12.1 Å². The number of nitrogens with one attached hydrogen (secondary N) is 1. The Bertz CT molecular complexity index is 453. The van der Waals surface area contributed by atoms with Gasteiger partial charge < -0.3 is 10.4 Å². The van der Waals surface area contributed by atoms with Crippen molar-refractivity contribution >= 4 is 22.4 Å². The minimum Gasteiger partial charge on any atom is -0.481 e. The second-order valence-corrected chi connectivity index (χ2v) is 5.59. The van der Waals surface area contributed by atoms with Crippen LogP contribution in [0, 0.1) is 5.92 Å². The maximum Gasteiger partial charge on any atom is 0.427 e. The highest BCUT2D eigenvalue weighted by Gasteiger charge is 2.33. The highest BCUT2D eigenvalue weighted by Crippen LogP contribution is 2.36. The Kier molecular flexibility index (Phi) is 3.98. The molecule has 1 heterocycles. The standard InChI is InChI=1S/C11H13F3N2O2S/c12-11(13,14)8-5-15-10(19-8)16-7-3-1-6(2-4-7)9(17)18/h5-7H,1-4H2,(H,15,16)(H,17,18). The normalized spacial score (nSPS) is 24.2. The summed E-state index contributed by atoms with van der Waals surface area (Å²) >= 11 is 0.577. The topological polar surface area (TPSA) is 62.2 Å². The van der Waals surface area contributed by atoms with Gasteiger partial charge in [-0.3, -0.25) is 4.79 Å². The van der Waals surface area contributed by atoms with Gasteiger partial charge in [0.15, 0.2) is 5.13 Å². The first-order chi connectivity index (χ1) is 8.86. The number of carboxylic acid groups (broad SMARTS) is 1. The minimum atomic E-state index is -4.36. The number of anilines is 1. The van der Waals surface area contributed by atoms with Crippen LogP contribution in [0.1, 0.15) is 30.6 Å². The molecule has 0 aliphatic heterocycles. The molecule has 4 nitrogen and oxygen atoms in total. The Labute approximate surface area is 111 Å². The van der Waals surface area contributed by atoms with Gasteiger partial charge in [-0.2, -0.15) is 13.2 Å². The first-order valence-electron chi connectivity index (χ1n) is 5.88. The van der Waals surface area contributed by atoms with Crippen LogP contribution >= 0.6 is 11.3 Å². The number of carboxylic acids is 1. The maximum atomic E-state index is 12.4. The lowest BCUT2D eigenvalue weighted by Crippen LogP contribution is -2.29. The van der Waals surface area contributed by atoms with Gasteiger partial charge in [-0.1, -0.05) is 11.3 Å². The van der Waals surface area contributed by atoms with Crippen LogP contribution in [0.4, 0.5) is 18.3 Å². The van der Waals surface area contributed by atoms with E-state index in [2.05, 4.69) is 10.3 Å². The van der Waals surface area contributed by atoms with Crippen LogP contribution in [0.2, 0.25) is 0 Å². The largest absolute Gasteiger partial charge is 0.481 e. The van der Waals surface area contributed by atoms with Crippen molar-refractivity contribution < 1.29 is 23.1 Å². The molecule has 1 aromatic rings. The first kappa shape index (κ1) is 14.1. The Morgan fingerprint density at radius 2 is 2.00 bits per heavy atom. The van der Waals surface area contributed by atoms with Crippen molar-refractivity contribution in [2.45, 2.75) is 37.9 Å². The Morgan fingerprint density at radius 3 is 2.47 bits per heavy atom. The molecule has 1 aliphatic rings. The fraction of sp³-hybridized carbons (Fsp3) is 0.636. The van der Waals surface area contributed by atoms with Gasteiger partial charge in [0.1, 0.15) is 4.88 Å². The molecule has 19 heavy (non-hydrogen) atoms. The molecular formula is C11H13F3N2O2S. The van der Waals surface area contributed by atoms with Gasteiger partial charge in [-0.05, 0) is 25.7 Å². The highest BCUT2D eigenvalue weighted by molar-refractivity contribution is 7.15. The van der Waals surface area contributed by atoms with E-state index in [1.807, 2.05) is 0 Å². The van der Waals surface area contributed by atoms with Crippen molar-refractivity contribution in [3.8, 4) is 0 Å². The van der Waals surface area contributed by atoms with Crippen LogP contribution in [0.25, 0.3) is 0 Å². The molecule has 0 spiro atoms. The minimum absolute atomic E-state index is 0.00262. The van der Waals surface area contributed by atoms with E-state index in [0.717, 1.165) is 6.20 Å². The Morgan fingerprint density at radius 1 is 1.37 bits per heavy atom. The van der Waals surface area contributed by atoms with Crippen LogP contribution in [0.5, 0.6) is 0 Å². The van der Waals surface area contributed by atoms with E-state index in [1.54, 1.807) is 0 Å². The predicted molar refractivity (Wildman–Crippen MR) is 64.1 cm³/mol. The van der Waals surface area contributed by atoms with Crippen LogP contribution in [0.3, 0.4) is 0 Å². The zero-order valence-corrected chi connectivity index (χ0v) is 10.7. The summed E-state index contributed by atoms with van der Waals surface area (Å²) in [6.45, 7) is 0. The SMILES string of the molecule is O=C(O)C1CCC(Nc2ncc(C(F)(F)F)s2)CC1. The number of thiazole rings is 1. The second kappa shape index (κ2) is 5.36. The zero-order chi connectivity index (χ0) is 14.0. The molecule has 1 saturated carbocycles. The molecule has 0 radical (unpaired) electrons. The lowest BCUT2D eigenvalue weighted by molar-refractivity contribution is -0.142. The van der Waals surface area contributed by atoms with E-state index in [9.17, 15) is 18.0 Å². The number of nitrogens with zero attached hydrogens (tertiary/aromatic N) is 1. The number of halogens is 3. The highest BCUT2D eigenvalue weighted by atomic mass is 32.1. The lowest BCUT2D eigenvalue weighted by Gasteiger charge is -2.26. The fourth-order valence-electron chi connectivity index (χ4n) is 2.13. The summed E-state index contributed by atoms with van der Waals surface area (Å²) in [5.41, 5.74) is 0. The third-order valence-electron chi connectivity index (χ3n) is 3.19. The molecule has 1 fully saturated rings. The number of hydrogen-bond acceptors (Lipinski definition) is 4. The van der Waals surface area contributed by atoms with E-state index in [1.165, 1.54) is 0 Å². The Balaban J connectivity index is 1.89. The average Bonchev–Trinajstić information content (AvgIpc) is 2.78. The summed E-state index contributed by atoms with van der Waals surface area (Å²) in [5, 5.41) is 12.0. The molecule has 0 aromatic carbocycles. The van der Waals surface area contributed by atoms with E-state index < -0.39 is 17.0 Å². The van der Waals surface area contributed by atoms with Gasteiger partial charge in [-0.25, -0.2) is 4.98 Å². The van der Waals surface area contributed by atoms with Crippen molar-refractivity contribution in [2.24, 2.45) is 5.92 Å². The van der Waals surface area contributed by atoms with E-state index in [4.69, 9.17) is 5.11 Å². The quantitative estimate of drug-likeness (QED) is 0.898. The number of rotatable bonds is 3. The summed E-state index contributed by atoms with van der Waals surface area (Å²) in [6, 6.07) is 0.00262. The van der Waals surface area contributed by atoms with Crippen LogP contribution in [-0.4, -0.2) is 22.1 Å². The van der Waals surface area contributed by atoms with Crippen molar-refractivity contribution in [2.75, 3.05) is 5.32 Å². The number of alkyl halides is 3. The van der Waals surface area contributed by atoms with E-state index in [0.29, 0.717) is 37.0 Å². The average molecular weight is 294 g/mol. The van der Waals surface area contributed by atoms with Gasteiger partial charge in [0.25, 0.3) is 0 Å². The molecule has 8 heteroatoms. The first-order valence-corrected chi connectivity index (χ1v) is 6.70. The van der Waals surface area contributed by atoms with Crippen molar-refractivity contribution in [3.05, 3.63) is 11.1 Å². The summed E-state index contributed by atoms with van der Waals surface area (Å²) in [5.74, 6) is -1.13. The molecule has 2 rings (SSSR count). The van der Waals surface area contributed by atoms with Crippen molar-refractivity contribution in [3.63, 3.8) is 0 Å². The molecule has 0 saturated heterocycles. The lowest BCUT2D eigenvalue weighted by atomic mass is 9.86. The van der Waals surface area contributed by atoms with Gasteiger partial charge in [-0.15, -0.1) is 0 Å². The van der Waals surface area contributed by atoms with Crippen molar-refractivity contribution in [1.29, 1.82) is 0 Å². The smallest absolute Gasteiger partial charge is 0.427 e. The van der Waals surface area contributed by atoms with Gasteiger partial charge in [0, 0.05) is 6.04 Å².